The van der Waals surface area contributed by atoms with E-state index in [-0.39, 0.29) is 42.5 Å². The van der Waals surface area contributed by atoms with Gasteiger partial charge in [-0.2, -0.15) is 0 Å². The van der Waals surface area contributed by atoms with Crippen molar-refractivity contribution in [2.75, 3.05) is 46.9 Å². The van der Waals surface area contributed by atoms with Gasteiger partial charge in [-0.15, -0.1) is 24.0 Å². The van der Waals surface area contributed by atoms with E-state index in [0.29, 0.717) is 5.41 Å². The Morgan fingerprint density at radius 2 is 2.15 bits per heavy atom. The summed E-state index contributed by atoms with van der Waals surface area (Å²) in [5.74, 6) is 0.900. The van der Waals surface area contributed by atoms with E-state index >= 15 is 0 Å². The standard InChI is InChI=1S/C19H36N4O2.HI/c1-5-9-19(2)10-7-11-23(15-19)18(21-14-17(24)22(3)4)20-13-16-8-6-12-25-16;/h16H,5-15H2,1-4H3,(H,20,21);1H. The van der Waals surface area contributed by atoms with Crippen LogP contribution >= 0.6 is 24.0 Å². The molecule has 2 aliphatic heterocycles. The highest BCUT2D eigenvalue weighted by molar-refractivity contribution is 14.0. The highest BCUT2D eigenvalue weighted by Gasteiger charge is 2.32. The minimum atomic E-state index is 0. The molecule has 2 saturated heterocycles. The highest BCUT2D eigenvalue weighted by atomic mass is 127. The van der Waals surface area contributed by atoms with Crippen molar-refractivity contribution in [3.63, 3.8) is 0 Å². The second-order valence-corrected chi connectivity index (χ2v) is 8.03. The Labute approximate surface area is 176 Å². The molecule has 0 aromatic rings. The number of hydrogen-bond donors (Lipinski definition) is 1. The maximum atomic E-state index is 12.0. The number of piperidine rings is 1. The molecule has 0 radical (unpaired) electrons. The Morgan fingerprint density at radius 3 is 2.77 bits per heavy atom. The fourth-order valence-electron chi connectivity index (χ4n) is 3.87. The second-order valence-electron chi connectivity index (χ2n) is 8.03. The number of hydrogen-bond acceptors (Lipinski definition) is 3. The van der Waals surface area contributed by atoms with Crippen molar-refractivity contribution in [2.45, 2.75) is 58.5 Å². The van der Waals surface area contributed by atoms with Crippen LogP contribution in [-0.2, 0) is 9.53 Å². The van der Waals surface area contributed by atoms with Crippen LogP contribution in [0.2, 0.25) is 0 Å². The summed E-state index contributed by atoms with van der Waals surface area (Å²) in [6.45, 7) is 8.48. The number of likely N-dealkylation sites (tertiary alicyclic amines) is 1. The maximum Gasteiger partial charge on any atom is 0.243 e. The number of amides is 1. The molecule has 2 heterocycles. The average Bonchev–Trinajstić information content (AvgIpc) is 3.08. The van der Waals surface area contributed by atoms with E-state index in [1.165, 1.54) is 25.7 Å². The molecule has 1 amide bonds. The highest BCUT2D eigenvalue weighted by Crippen LogP contribution is 2.33. The zero-order valence-electron chi connectivity index (χ0n) is 16.9. The summed E-state index contributed by atoms with van der Waals surface area (Å²) in [7, 11) is 3.55. The first-order chi connectivity index (χ1) is 11.9. The predicted octanol–water partition coefficient (Wildman–Crippen LogP) is 2.72. The molecule has 6 nitrogen and oxygen atoms in total. The number of rotatable bonds is 6. The topological polar surface area (TPSA) is 57.2 Å². The van der Waals surface area contributed by atoms with Crippen molar-refractivity contribution in [1.29, 1.82) is 0 Å². The summed E-state index contributed by atoms with van der Waals surface area (Å²) in [4.78, 5) is 20.5. The quantitative estimate of drug-likeness (QED) is 0.361. The molecule has 7 heteroatoms. The van der Waals surface area contributed by atoms with Gasteiger partial charge in [-0.05, 0) is 37.5 Å². The summed E-state index contributed by atoms with van der Waals surface area (Å²) in [6, 6.07) is 0. The third-order valence-corrected chi connectivity index (χ3v) is 5.31. The van der Waals surface area contributed by atoms with Crippen LogP contribution in [0.4, 0.5) is 0 Å². The lowest BCUT2D eigenvalue weighted by Crippen LogP contribution is -2.51. The molecule has 0 saturated carbocycles. The molecule has 0 bridgehead atoms. The minimum absolute atomic E-state index is 0. The van der Waals surface area contributed by atoms with E-state index in [2.05, 4.69) is 29.1 Å². The van der Waals surface area contributed by atoms with Gasteiger partial charge in [-0.25, -0.2) is 4.99 Å². The molecule has 1 N–H and O–H groups in total. The number of ether oxygens (including phenoxy) is 1. The Kier molecular flexibility index (Phi) is 10.2. The Hall–Kier alpha value is -0.570. The number of carbonyl (C=O) groups excluding carboxylic acids is 1. The molecular formula is C19H37IN4O2. The first-order valence-corrected chi connectivity index (χ1v) is 9.78. The van der Waals surface area contributed by atoms with Crippen molar-refractivity contribution in [3.8, 4) is 0 Å². The third kappa shape index (κ3) is 7.21. The van der Waals surface area contributed by atoms with E-state index in [0.717, 1.165) is 45.0 Å². The minimum Gasteiger partial charge on any atom is -0.376 e. The largest absolute Gasteiger partial charge is 0.376 e. The Balaban J connectivity index is 0.00000338. The van der Waals surface area contributed by atoms with E-state index in [4.69, 9.17) is 4.74 Å². The van der Waals surface area contributed by atoms with Gasteiger partial charge in [-0.3, -0.25) is 4.79 Å². The zero-order valence-corrected chi connectivity index (χ0v) is 19.3. The van der Waals surface area contributed by atoms with Crippen molar-refractivity contribution >= 4 is 35.8 Å². The zero-order chi connectivity index (χ0) is 18.3. The Bertz CT molecular complexity index is 462. The Morgan fingerprint density at radius 1 is 1.38 bits per heavy atom. The molecule has 2 rings (SSSR count). The van der Waals surface area contributed by atoms with E-state index in [1.54, 1.807) is 19.0 Å². The predicted molar refractivity (Wildman–Crippen MR) is 117 cm³/mol. The summed E-state index contributed by atoms with van der Waals surface area (Å²) in [5, 5.41) is 3.49. The van der Waals surface area contributed by atoms with Crippen LogP contribution in [0.15, 0.2) is 4.99 Å². The molecule has 0 aromatic heterocycles. The maximum absolute atomic E-state index is 12.0. The van der Waals surface area contributed by atoms with E-state index in [1.807, 2.05) is 0 Å². The fourth-order valence-corrected chi connectivity index (χ4v) is 3.87. The van der Waals surface area contributed by atoms with Crippen molar-refractivity contribution in [3.05, 3.63) is 0 Å². The van der Waals surface area contributed by atoms with Gasteiger partial charge in [-0.1, -0.05) is 20.3 Å². The van der Waals surface area contributed by atoms with Gasteiger partial charge in [0.1, 0.15) is 6.54 Å². The normalized spacial score (nSPS) is 26.4. The average molecular weight is 480 g/mol. The molecule has 2 atom stereocenters. The number of likely N-dealkylation sites (N-methyl/N-ethyl adjacent to an activating group) is 1. The lowest BCUT2D eigenvalue weighted by molar-refractivity contribution is -0.127. The molecule has 0 spiro atoms. The molecule has 2 fully saturated rings. The number of carbonyl (C=O) groups is 1. The molecule has 2 aliphatic rings. The summed E-state index contributed by atoms with van der Waals surface area (Å²) >= 11 is 0. The summed E-state index contributed by atoms with van der Waals surface area (Å²) in [6.07, 6.45) is 7.40. The van der Waals surface area contributed by atoms with Gasteiger partial charge in [0.05, 0.1) is 6.10 Å². The molecule has 0 aromatic carbocycles. The summed E-state index contributed by atoms with van der Waals surface area (Å²) in [5.41, 5.74) is 0.338. The van der Waals surface area contributed by atoms with Crippen LogP contribution in [-0.4, -0.2) is 74.7 Å². The van der Waals surface area contributed by atoms with Crippen LogP contribution in [0.25, 0.3) is 0 Å². The van der Waals surface area contributed by atoms with Gasteiger partial charge in [0.25, 0.3) is 0 Å². The first-order valence-electron chi connectivity index (χ1n) is 9.78. The number of halogens is 1. The number of nitrogens with one attached hydrogen (secondary N) is 1. The number of aliphatic imine (C=N–C) groups is 1. The van der Waals surface area contributed by atoms with Crippen LogP contribution in [0.1, 0.15) is 52.4 Å². The van der Waals surface area contributed by atoms with Crippen molar-refractivity contribution in [1.82, 2.24) is 15.1 Å². The molecule has 0 aliphatic carbocycles. The number of guanidine groups is 1. The van der Waals surface area contributed by atoms with Gasteiger partial charge in [0, 0.05) is 40.3 Å². The van der Waals surface area contributed by atoms with Gasteiger partial charge in [0.2, 0.25) is 5.91 Å². The van der Waals surface area contributed by atoms with Gasteiger partial charge in [0.15, 0.2) is 5.96 Å². The fraction of sp³-hybridized carbons (Fsp3) is 0.895. The monoisotopic (exact) mass is 480 g/mol. The van der Waals surface area contributed by atoms with Crippen LogP contribution < -0.4 is 5.32 Å². The van der Waals surface area contributed by atoms with Gasteiger partial charge < -0.3 is 19.9 Å². The smallest absolute Gasteiger partial charge is 0.243 e. The van der Waals surface area contributed by atoms with Crippen LogP contribution in [0, 0.1) is 5.41 Å². The van der Waals surface area contributed by atoms with Crippen molar-refractivity contribution in [2.24, 2.45) is 10.4 Å². The molecule has 152 valence electrons. The van der Waals surface area contributed by atoms with Crippen LogP contribution in [0.3, 0.4) is 0 Å². The molecular weight excluding hydrogens is 443 g/mol. The summed E-state index contributed by atoms with van der Waals surface area (Å²) < 4.78 is 5.72. The first kappa shape index (κ1) is 23.5. The molecule has 2 unspecified atom stereocenters. The van der Waals surface area contributed by atoms with E-state index in [9.17, 15) is 4.79 Å². The van der Waals surface area contributed by atoms with Crippen molar-refractivity contribution < 1.29 is 9.53 Å². The van der Waals surface area contributed by atoms with Crippen LogP contribution in [0.5, 0.6) is 0 Å². The van der Waals surface area contributed by atoms with E-state index < -0.39 is 0 Å². The lowest BCUT2D eigenvalue weighted by Gasteiger charge is -2.42. The number of nitrogens with zero attached hydrogens (tertiary/aromatic N) is 3. The lowest BCUT2D eigenvalue weighted by atomic mass is 9.78. The molecule has 26 heavy (non-hydrogen) atoms. The van der Waals surface area contributed by atoms with Gasteiger partial charge >= 0.3 is 0 Å². The second kappa shape index (κ2) is 11.3. The third-order valence-electron chi connectivity index (χ3n) is 5.31. The SMILES string of the molecule is CCCC1(C)CCCN(C(=NCC(=O)N(C)C)NCC2CCCO2)C1.I.